The minimum atomic E-state index is 0.461. The van der Waals surface area contributed by atoms with Gasteiger partial charge in [-0.15, -0.1) is 0 Å². The predicted octanol–water partition coefficient (Wildman–Crippen LogP) is 3.31. The van der Waals surface area contributed by atoms with Gasteiger partial charge < -0.3 is 5.32 Å². The van der Waals surface area contributed by atoms with Gasteiger partial charge in [0, 0.05) is 6.04 Å². The minimum Gasteiger partial charge on any atom is -0.313 e. The van der Waals surface area contributed by atoms with E-state index >= 15 is 0 Å². The summed E-state index contributed by atoms with van der Waals surface area (Å²) in [5.74, 6) is 0. The first-order valence-electron chi connectivity index (χ1n) is 5.54. The number of rotatable bonds is 5. The summed E-state index contributed by atoms with van der Waals surface area (Å²) in [7, 11) is 2.02. The fourth-order valence-corrected chi connectivity index (χ4v) is 1.71. The van der Waals surface area contributed by atoms with Crippen molar-refractivity contribution in [3.8, 4) is 0 Å². The molecule has 1 N–H and O–H groups in total. The van der Waals surface area contributed by atoms with Gasteiger partial charge in [0.25, 0.3) is 0 Å². The molecule has 0 aliphatic rings. The Hall–Kier alpha value is -0.820. The molecular weight excluding hydrogens is 170 g/mol. The smallest absolute Gasteiger partial charge is 0.0291 e. The summed E-state index contributed by atoms with van der Waals surface area (Å²) in [6, 6.07) is 9.20. The highest BCUT2D eigenvalue weighted by molar-refractivity contribution is 5.29. The molecule has 0 saturated carbocycles. The third kappa shape index (κ3) is 2.85. The normalized spacial score (nSPS) is 12.8. The lowest BCUT2D eigenvalue weighted by Gasteiger charge is -2.15. The van der Waals surface area contributed by atoms with Crippen LogP contribution in [0.2, 0.25) is 0 Å². The minimum absolute atomic E-state index is 0.461. The van der Waals surface area contributed by atoms with Crippen LogP contribution < -0.4 is 5.32 Å². The third-order valence-corrected chi connectivity index (χ3v) is 2.75. The van der Waals surface area contributed by atoms with E-state index < -0.39 is 0 Å². The van der Waals surface area contributed by atoms with Crippen LogP contribution in [0.25, 0.3) is 0 Å². The molecule has 14 heavy (non-hydrogen) atoms. The Labute approximate surface area is 87.5 Å². The van der Waals surface area contributed by atoms with Crippen molar-refractivity contribution in [2.45, 2.75) is 39.2 Å². The van der Waals surface area contributed by atoms with Gasteiger partial charge in [-0.25, -0.2) is 0 Å². The van der Waals surface area contributed by atoms with E-state index in [0.29, 0.717) is 6.04 Å². The van der Waals surface area contributed by atoms with E-state index in [9.17, 15) is 0 Å². The molecule has 0 aliphatic heterocycles. The molecule has 1 atom stereocenters. The Kier molecular flexibility index (Phi) is 4.68. The fraction of sp³-hybridized carbons (Fsp3) is 0.538. The average Bonchev–Trinajstić information content (AvgIpc) is 2.25. The SMILES string of the molecule is CCCCc1ccccc1C(C)NC. The summed E-state index contributed by atoms with van der Waals surface area (Å²) in [6.45, 7) is 4.45. The van der Waals surface area contributed by atoms with Crippen molar-refractivity contribution < 1.29 is 0 Å². The lowest BCUT2D eigenvalue weighted by atomic mass is 9.97. The van der Waals surface area contributed by atoms with Crippen molar-refractivity contribution in [2.75, 3.05) is 7.05 Å². The zero-order valence-corrected chi connectivity index (χ0v) is 9.51. The van der Waals surface area contributed by atoms with Crippen LogP contribution in [0.1, 0.15) is 43.9 Å². The molecule has 78 valence electrons. The van der Waals surface area contributed by atoms with Crippen molar-refractivity contribution in [3.05, 3.63) is 35.4 Å². The van der Waals surface area contributed by atoms with E-state index in [1.807, 2.05) is 7.05 Å². The number of nitrogens with one attached hydrogen (secondary N) is 1. The molecule has 1 aromatic rings. The molecule has 0 amide bonds. The standard InChI is InChI=1S/C13H21N/c1-4-5-8-12-9-6-7-10-13(12)11(2)14-3/h6-7,9-11,14H,4-5,8H2,1-3H3. The van der Waals surface area contributed by atoms with Crippen LogP contribution in [-0.4, -0.2) is 7.05 Å². The second kappa shape index (κ2) is 5.82. The zero-order chi connectivity index (χ0) is 10.4. The Morgan fingerprint density at radius 3 is 2.64 bits per heavy atom. The van der Waals surface area contributed by atoms with E-state index in [-0.39, 0.29) is 0 Å². The maximum Gasteiger partial charge on any atom is 0.0291 e. The van der Waals surface area contributed by atoms with Gasteiger partial charge in [-0.3, -0.25) is 0 Å². The van der Waals surface area contributed by atoms with Crippen LogP contribution in [0.15, 0.2) is 24.3 Å². The first-order valence-corrected chi connectivity index (χ1v) is 5.54. The summed E-state index contributed by atoms with van der Waals surface area (Å²) >= 11 is 0. The third-order valence-electron chi connectivity index (χ3n) is 2.75. The lowest BCUT2D eigenvalue weighted by molar-refractivity contribution is 0.640. The quantitative estimate of drug-likeness (QED) is 0.753. The Bertz CT molecular complexity index is 268. The van der Waals surface area contributed by atoms with Crippen molar-refractivity contribution in [2.24, 2.45) is 0 Å². The van der Waals surface area contributed by atoms with Gasteiger partial charge in [0.2, 0.25) is 0 Å². The molecule has 1 aromatic carbocycles. The zero-order valence-electron chi connectivity index (χ0n) is 9.51. The molecule has 1 rings (SSSR count). The van der Waals surface area contributed by atoms with Crippen molar-refractivity contribution in [1.29, 1.82) is 0 Å². The molecule has 0 saturated heterocycles. The van der Waals surface area contributed by atoms with E-state index in [0.717, 1.165) is 0 Å². The van der Waals surface area contributed by atoms with Crippen LogP contribution in [0, 0.1) is 0 Å². The molecule has 1 nitrogen and oxygen atoms in total. The summed E-state index contributed by atoms with van der Waals surface area (Å²) in [5, 5.41) is 3.30. The maximum absolute atomic E-state index is 3.30. The van der Waals surface area contributed by atoms with Crippen LogP contribution in [-0.2, 0) is 6.42 Å². The number of hydrogen-bond acceptors (Lipinski definition) is 1. The molecule has 1 heteroatoms. The Morgan fingerprint density at radius 1 is 1.29 bits per heavy atom. The molecule has 0 radical (unpaired) electrons. The molecule has 0 bridgehead atoms. The van der Waals surface area contributed by atoms with Gasteiger partial charge in [0.1, 0.15) is 0 Å². The highest BCUT2D eigenvalue weighted by Gasteiger charge is 2.06. The van der Waals surface area contributed by atoms with Crippen molar-refractivity contribution >= 4 is 0 Å². The lowest BCUT2D eigenvalue weighted by Crippen LogP contribution is -2.14. The average molecular weight is 191 g/mol. The van der Waals surface area contributed by atoms with E-state index in [1.165, 1.54) is 30.4 Å². The van der Waals surface area contributed by atoms with Crippen LogP contribution in [0.5, 0.6) is 0 Å². The molecular formula is C13H21N. The van der Waals surface area contributed by atoms with E-state index in [1.54, 1.807) is 0 Å². The number of aryl methyl sites for hydroxylation is 1. The van der Waals surface area contributed by atoms with Crippen molar-refractivity contribution in [1.82, 2.24) is 5.32 Å². The second-order valence-electron chi connectivity index (χ2n) is 3.81. The summed E-state index contributed by atoms with van der Waals surface area (Å²) < 4.78 is 0. The summed E-state index contributed by atoms with van der Waals surface area (Å²) in [4.78, 5) is 0. The van der Waals surface area contributed by atoms with Gasteiger partial charge in [-0.2, -0.15) is 0 Å². The first-order chi connectivity index (χ1) is 6.79. The molecule has 1 unspecified atom stereocenters. The van der Waals surface area contributed by atoms with Gasteiger partial charge in [-0.1, -0.05) is 37.6 Å². The van der Waals surface area contributed by atoms with Crippen LogP contribution in [0.3, 0.4) is 0 Å². The first kappa shape index (κ1) is 11.3. The highest BCUT2D eigenvalue weighted by atomic mass is 14.9. The topological polar surface area (TPSA) is 12.0 Å². The van der Waals surface area contributed by atoms with Crippen LogP contribution >= 0.6 is 0 Å². The monoisotopic (exact) mass is 191 g/mol. The van der Waals surface area contributed by atoms with Gasteiger partial charge >= 0.3 is 0 Å². The Morgan fingerprint density at radius 2 is 2.00 bits per heavy atom. The molecule has 0 spiro atoms. The van der Waals surface area contributed by atoms with E-state index in [4.69, 9.17) is 0 Å². The largest absolute Gasteiger partial charge is 0.313 e. The summed E-state index contributed by atoms with van der Waals surface area (Å²) in [5.41, 5.74) is 2.94. The number of benzene rings is 1. The van der Waals surface area contributed by atoms with Crippen LogP contribution in [0.4, 0.5) is 0 Å². The second-order valence-corrected chi connectivity index (χ2v) is 3.81. The van der Waals surface area contributed by atoms with Crippen molar-refractivity contribution in [3.63, 3.8) is 0 Å². The molecule has 0 aliphatic carbocycles. The van der Waals surface area contributed by atoms with Gasteiger partial charge in [0.15, 0.2) is 0 Å². The maximum atomic E-state index is 3.30. The fourth-order valence-electron chi connectivity index (χ4n) is 1.71. The van der Waals surface area contributed by atoms with Gasteiger partial charge in [-0.05, 0) is 37.9 Å². The van der Waals surface area contributed by atoms with E-state index in [2.05, 4.69) is 43.4 Å². The number of hydrogen-bond donors (Lipinski definition) is 1. The highest BCUT2D eigenvalue weighted by Crippen LogP contribution is 2.18. The predicted molar refractivity (Wildman–Crippen MR) is 62.5 cm³/mol. The molecule has 0 fully saturated rings. The number of unbranched alkanes of at least 4 members (excludes halogenated alkanes) is 1. The summed E-state index contributed by atoms with van der Waals surface area (Å²) in [6.07, 6.45) is 3.76. The Balaban J connectivity index is 2.79. The van der Waals surface area contributed by atoms with Gasteiger partial charge in [0.05, 0.1) is 0 Å². The molecule has 0 aromatic heterocycles. The molecule has 0 heterocycles.